The standard InChI is InChI=1S/C13H18F2N2O2S/c1-9-4-5-16-7-10(9)8-17-20(18,19)11-2-3-12(14)13(15)6-11/h2-3,6,9-10,16-17H,4-5,7-8H2,1H3. The molecule has 0 spiro atoms. The van der Waals surface area contributed by atoms with Gasteiger partial charge in [0.15, 0.2) is 11.6 Å². The van der Waals surface area contributed by atoms with Crippen molar-refractivity contribution in [3.05, 3.63) is 29.8 Å². The van der Waals surface area contributed by atoms with E-state index in [-0.39, 0.29) is 17.4 Å². The van der Waals surface area contributed by atoms with Gasteiger partial charge in [-0.05, 0) is 49.5 Å². The van der Waals surface area contributed by atoms with Gasteiger partial charge >= 0.3 is 0 Å². The van der Waals surface area contributed by atoms with Crippen LogP contribution in [-0.2, 0) is 10.0 Å². The lowest BCUT2D eigenvalue weighted by molar-refractivity contribution is 0.275. The molecule has 20 heavy (non-hydrogen) atoms. The molecule has 2 N–H and O–H groups in total. The molecule has 4 nitrogen and oxygen atoms in total. The lowest BCUT2D eigenvalue weighted by Gasteiger charge is -2.29. The van der Waals surface area contributed by atoms with Crippen LogP contribution in [0, 0.1) is 23.5 Å². The maximum Gasteiger partial charge on any atom is 0.240 e. The molecule has 112 valence electrons. The van der Waals surface area contributed by atoms with Gasteiger partial charge in [-0.25, -0.2) is 21.9 Å². The molecule has 1 heterocycles. The first-order valence-corrected chi connectivity index (χ1v) is 8.04. The Morgan fingerprint density at radius 2 is 2.10 bits per heavy atom. The molecular formula is C13H18F2N2O2S. The van der Waals surface area contributed by atoms with Gasteiger partial charge in [0, 0.05) is 6.54 Å². The maximum atomic E-state index is 13.1. The van der Waals surface area contributed by atoms with Crippen LogP contribution < -0.4 is 10.0 Å². The fourth-order valence-electron chi connectivity index (χ4n) is 2.27. The Balaban J connectivity index is 2.05. The van der Waals surface area contributed by atoms with Gasteiger partial charge in [-0.15, -0.1) is 0 Å². The molecule has 1 aromatic rings. The third-order valence-electron chi connectivity index (χ3n) is 3.72. The van der Waals surface area contributed by atoms with E-state index >= 15 is 0 Å². The highest BCUT2D eigenvalue weighted by molar-refractivity contribution is 7.89. The van der Waals surface area contributed by atoms with Gasteiger partial charge < -0.3 is 5.32 Å². The highest BCUT2D eigenvalue weighted by Crippen LogP contribution is 2.19. The fraction of sp³-hybridized carbons (Fsp3) is 0.538. The van der Waals surface area contributed by atoms with Crippen LogP contribution in [0.4, 0.5) is 8.78 Å². The Morgan fingerprint density at radius 1 is 1.35 bits per heavy atom. The summed E-state index contributed by atoms with van der Waals surface area (Å²) in [5, 5.41) is 3.21. The highest BCUT2D eigenvalue weighted by atomic mass is 32.2. The van der Waals surface area contributed by atoms with E-state index in [2.05, 4.69) is 17.0 Å². The highest BCUT2D eigenvalue weighted by Gasteiger charge is 2.24. The summed E-state index contributed by atoms with van der Waals surface area (Å²) >= 11 is 0. The molecule has 7 heteroatoms. The van der Waals surface area contributed by atoms with Crippen LogP contribution in [0.5, 0.6) is 0 Å². The Morgan fingerprint density at radius 3 is 2.75 bits per heavy atom. The zero-order valence-electron chi connectivity index (χ0n) is 11.2. The lowest BCUT2D eigenvalue weighted by Crippen LogP contribution is -2.42. The average molecular weight is 304 g/mol. The number of halogens is 2. The average Bonchev–Trinajstić information content (AvgIpc) is 2.41. The molecule has 1 aliphatic rings. The van der Waals surface area contributed by atoms with E-state index in [9.17, 15) is 17.2 Å². The largest absolute Gasteiger partial charge is 0.316 e. The smallest absolute Gasteiger partial charge is 0.240 e. The normalized spacial score (nSPS) is 23.8. The second-order valence-corrected chi connectivity index (χ2v) is 6.92. The SMILES string of the molecule is CC1CCNCC1CNS(=O)(=O)c1ccc(F)c(F)c1. The molecule has 0 saturated carbocycles. The van der Waals surface area contributed by atoms with Gasteiger partial charge in [-0.2, -0.15) is 0 Å². The number of rotatable bonds is 4. The van der Waals surface area contributed by atoms with Gasteiger partial charge in [-0.3, -0.25) is 0 Å². The van der Waals surface area contributed by atoms with Gasteiger partial charge in [0.2, 0.25) is 10.0 Å². The van der Waals surface area contributed by atoms with Crippen LogP contribution in [0.15, 0.2) is 23.1 Å². The third kappa shape index (κ3) is 3.53. The molecule has 1 fully saturated rings. The molecule has 0 aromatic heterocycles. The van der Waals surface area contributed by atoms with Crippen LogP contribution >= 0.6 is 0 Å². The summed E-state index contributed by atoms with van der Waals surface area (Å²) in [5.41, 5.74) is 0. The summed E-state index contributed by atoms with van der Waals surface area (Å²) in [4.78, 5) is -0.257. The summed E-state index contributed by atoms with van der Waals surface area (Å²) in [6.07, 6.45) is 0.998. The fourth-order valence-corrected chi connectivity index (χ4v) is 3.38. The Hall–Kier alpha value is -1.05. The molecule has 0 radical (unpaired) electrons. The van der Waals surface area contributed by atoms with E-state index in [1.165, 1.54) is 0 Å². The lowest BCUT2D eigenvalue weighted by atomic mass is 9.88. The van der Waals surface area contributed by atoms with E-state index < -0.39 is 21.7 Å². The summed E-state index contributed by atoms with van der Waals surface area (Å²) in [7, 11) is -3.81. The molecule has 2 unspecified atom stereocenters. The molecular weight excluding hydrogens is 286 g/mol. The maximum absolute atomic E-state index is 13.1. The van der Waals surface area contributed by atoms with Crippen LogP contribution in [-0.4, -0.2) is 28.1 Å². The molecule has 0 bridgehead atoms. The molecule has 1 aliphatic heterocycles. The number of sulfonamides is 1. The Kier molecular flexibility index (Phi) is 4.72. The van der Waals surface area contributed by atoms with E-state index in [1.54, 1.807) is 0 Å². The first-order chi connectivity index (χ1) is 9.40. The molecule has 0 aliphatic carbocycles. The first-order valence-electron chi connectivity index (χ1n) is 6.55. The van der Waals surface area contributed by atoms with Crippen LogP contribution in [0.2, 0.25) is 0 Å². The first kappa shape index (κ1) is 15.3. The van der Waals surface area contributed by atoms with Gasteiger partial charge in [0.1, 0.15) is 0 Å². The summed E-state index contributed by atoms with van der Waals surface area (Å²) in [5.74, 6) is -1.61. The zero-order valence-corrected chi connectivity index (χ0v) is 12.0. The second kappa shape index (κ2) is 6.15. The van der Waals surface area contributed by atoms with Crippen molar-refractivity contribution in [1.29, 1.82) is 0 Å². The van der Waals surface area contributed by atoms with E-state index in [4.69, 9.17) is 0 Å². The van der Waals surface area contributed by atoms with Crippen molar-refractivity contribution in [2.24, 2.45) is 11.8 Å². The van der Waals surface area contributed by atoms with Crippen LogP contribution in [0.3, 0.4) is 0 Å². The van der Waals surface area contributed by atoms with E-state index in [0.717, 1.165) is 31.6 Å². The van der Waals surface area contributed by atoms with Gasteiger partial charge in [0.05, 0.1) is 4.90 Å². The van der Waals surface area contributed by atoms with Gasteiger partial charge in [0.25, 0.3) is 0 Å². The van der Waals surface area contributed by atoms with Crippen LogP contribution in [0.25, 0.3) is 0 Å². The molecule has 2 rings (SSSR count). The topological polar surface area (TPSA) is 58.2 Å². The van der Waals surface area contributed by atoms with E-state index in [0.29, 0.717) is 12.0 Å². The summed E-state index contributed by atoms with van der Waals surface area (Å²) < 4.78 is 52.4. The molecule has 1 aromatic carbocycles. The molecule has 1 saturated heterocycles. The summed E-state index contributed by atoms with van der Waals surface area (Å²) in [6, 6.07) is 2.57. The number of nitrogens with one attached hydrogen (secondary N) is 2. The Bertz CT molecular complexity index is 578. The monoisotopic (exact) mass is 304 g/mol. The van der Waals surface area contributed by atoms with Crippen molar-refractivity contribution in [2.45, 2.75) is 18.2 Å². The summed E-state index contributed by atoms with van der Waals surface area (Å²) in [6.45, 7) is 4.06. The minimum atomic E-state index is -3.81. The second-order valence-electron chi connectivity index (χ2n) is 5.16. The minimum absolute atomic E-state index is 0.198. The van der Waals surface area contributed by atoms with Crippen LogP contribution in [0.1, 0.15) is 13.3 Å². The van der Waals surface area contributed by atoms with E-state index in [1.807, 2.05) is 0 Å². The van der Waals surface area contributed by atoms with Gasteiger partial charge in [-0.1, -0.05) is 6.92 Å². The number of hydrogen-bond acceptors (Lipinski definition) is 3. The van der Waals surface area contributed by atoms with Crippen molar-refractivity contribution in [3.63, 3.8) is 0 Å². The number of piperidine rings is 1. The van der Waals surface area contributed by atoms with Crippen molar-refractivity contribution in [1.82, 2.24) is 10.0 Å². The predicted molar refractivity (Wildman–Crippen MR) is 71.7 cm³/mol. The molecule has 0 amide bonds. The number of hydrogen-bond donors (Lipinski definition) is 2. The van der Waals surface area contributed by atoms with Crippen molar-refractivity contribution in [3.8, 4) is 0 Å². The number of benzene rings is 1. The minimum Gasteiger partial charge on any atom is -0.316 e. The zero-order chi connectivity index (χ0) is 14.8. The predicted octanol–water partition coefficient (Wildman–Crippen LogP) is 1.49. The van der Waals surface area contributed by atoms with Crippen molar-refractivity contribution >= 4 is 10.0 Å². The third-order valence-corrected chi connectivity index (χ3v) is 5.15. The molecule has 2 atom stereocenters. The quantitative estimate of drug-likeness (QED) is 0.886. The van der Waals surface area contributed by atoms with Crippen molar-refractivity contribution < 1.29 is 17.2 Å². The van der Waals surface area contributed by atoms with Crippen molar-refractivity contribution in [2.75, 3.05) is 19.6 Å². The Labute approximate surface area is 117 Å².